The maximum absolute atomic E-state index is 5.53. The molecule has 0 aromatic carbocycles. The summed E-state index contributed by atoms with van der Waals surface area (Å²) in [6.07, 6.45) is 4.58. The Morgan fingerprint density at radius 1 is 1.33 bits per heavy atom. The van der Waals surface area contributed by atoms with E-state index in [9.17, 15) is 0 Å². The zero-order valence-corrected chi connectivity index (χ0v) is 9.49. The van der Waals surface area contributed by atoms with Gasteiger partial charge in [0, 0.05) is 12.5 Å². The average Bonchev–Trinajstić information content (AvgIpc) is 2.92. The first-order valence-corrected chi connectivity index (χ1v) is 5.78. The molecule has 0 spiro atoms. The minimum Gasteiger partial charge on any atom is -0.424 e. The van der Waals surface area contributed by atoms with E-state index in [-0.39, 0.29) is 0 Å². The van der Waals surface area contributed by atoms with Gasteiger partial charge in [-0.25, -0.2) is 0 Å². The summed E-state index contributed by atoms with van der Waals surface area (Å²) in [5, 5.41) is 11.4. The predicted molar refractivity (Wildman–Crippen MR) is 57.3 cm³/mol. The molecule has 4 heteroatoms. The molecule has 1 aliphatic rings. The second kappa shape index (κ2) is 4.75. The van der Waals surface area contributed by atoms with E-state index in [0.717, 1.165) is 31.2 Å². The van der Waals surface area contributed by atoms with Gasteiger partial charge in [0.05, 0.1) is 6.54 Å². The molecule has 0 amide bonds. The number of hydrogen-bond acceptors (Lipinski definition) is 4. The van der Waals surface area contributed by atoms with Gasteiger partial charge < -0.3 is 9.73 Å². The maximum Gasteiger partial charge on any atom is 0.230 e. The highest BCUT2D eigenvalue weighted by molar-refractivity contribution is 4.86. The van der Waals surface area contributed by atoms with Gasteiger partial charge in [0.25, 0.3) is 0 Å². The molecule has 1 N–H and O–H groups in total. The van der Waals surface area contributed by atoms with Crippen molar-refractivity contribution in [3.63, 3.8) is 0 Å². The standard InChI is InChI=1S/C11H19N3O/c1-8(2)3-6-10-13-14-11(15-10)7-12-9-4-5-9/h8-9,12H,3-7H2,1-2H3. The van der Waals surface area contributed by atoms with Crippen molar-refractivity contribution < 1.29 is 4.42 Å². The van der Waals surface area contributed by atoms with Gasteiger partial charge in [-0.2, -0.15) is 0 Å². The zero-order chi connectivity index (χ0) is 10.7. The fraction of sp³-hybridized carbons (Fsp3) is 0.818. The summed E-state index contributed by atoms with van der Waals surface area (Å²) in [7, 11) is 0. The molecule has 0 bridgehead atoms. The van der Waals surface area contributed by atoms with Crippen LogP contribution in [0.5, 0.6) is 0 Å². The van der Waals surface area contributed by atoms with Crippen LogP contribution in [0.25, 0.3) is 0 Å². The molecule has 0 aliphatic heterocycles. The Bertz CT molecular complexity index is 284. The van der Waals surface area contributed by atoms with E-state index >= 15 is 0 Å². The highest BCUT2D eigenvalue weighted by atomic mass is 16.4. The van der Waals surface area contributed by atoms with Gasteiger partial charge in [0.15, 0.2) is 0 Å². The molecule has 15 heavy (non-hydrogen) atoms. The summed E-state index contributed by atoms with van der Waals surface area (Å²) < 4.78 is 5.53. The van der Waals surface area contributed by atoms with Crippen LogP contribution in [0, 0.1) is 5.92 Å². The van der Waals surface area contributed by atoms with Gasteiger partial charge in [-0.05, 0) is 25.2 Å². The molecule has 0 radical (unpaired) electrons. The van der Waals surface area contributed by atoms with Crippen LogP contribution in [0.15, 0.2) is 4.42 Å². The van der Waals surface area contributed by atoms with Crippen LogP contribution < -0.4 is 5.32 Å². The smallest absolute Gasteiger partial charge is 0.230 e. The quantitative estimate of drug-likeness (QED) is 0.777. The lowest BCUT2D eigenvalue weighted by Gasteiger charge is -1.99. The van der Waals surface area contributed by atoms with Gasteiger partial charge in [0.1, 0.15) is 0 Å². The van der Waals surface area contributed by atoms with Crippen LogP contribution in [0.3, 0.4) is 0 Å². The molecule has 1 heterocycles. The van der Waals surface area contributed by atoms with E-state index in [1.165, 1.54) is 12.8 Å². The van der Waals surface area contributed by atoms with E-state index in [2.05, 4.69) is 29.4 Å². The lowest BCUT2D eigenvalue weighted by Crippen LogP contribution is -2.15. The summed E-state index contributed by atoms with van der Waals surface area (Å²) in [5.41, 5.74) is 0. The Kier molecular flexibility index (Phi) is 3.36. The summed E-state index contributed by atoms with van der Waals surface area (Å²) in [6.45, 7) is 5.12. The molecular weight excluding hydrogens is 190 g/mol. The van der Waals surface area contributed by atoms with Crippen molar-refractivity contribution in [1.29, 1.82) is 0 Å². The Balaban J connectivity index is 1.75. The second-order valence-electron chi connectivity index (χ2n) is 4.68. The van der Waals surface area contributed by atoms with Gasteiger partial charge in [-0.1, -0.05) is 13.8 Å². The van der Waals surface area contributed by atoms with Crippen molar-refractivity contribution in [2.24, 2.45) is 5.92 Å². The lowest BCUT2D eigenvalue weighted by atomic mass is 10.1. The molecule has 1 saturated carbocycles. The van der Waals surface area contributed by atoms with E-state index in [4.69, 9.17) is 4.42 Å². The third-order valence-electron chi connectivity index (χ3n) is 2.56. The first-order chi connectivity index (χ1) is 7.24. The number of aryl methyl sites for hydroxylation is 1. The topological polar surface area (TPSA) is 51.0 Å². The molecule has 4 nitrogen and oxygen atoms in total. The van der Waals surface area contributed by atoms with Crippen molar-refractivity contribution in [2.75, 3.05) is 0 Å². The van der Waals surface area contributed by atoms with Crippen LogP contribution >= 0.6 is 0 Å². The third-order valence-corrected chi connectivity index (χ3v) is 2.56. The normalized spacial score (nSPS) is 16.2. The van der Waals surface area contributed by atoms with Crippen molar-refractivity contribution in [3.8, 4) is 0 Å². The van der Waals surface area contributed by atoms with Crippen molar-refractivity contribution >= 4 is 0 Å². The molecule has 0 unspecified atom stereocenters. The first kappa shape index (κ1) is 10.6. The van der Waals surface area contributed by atoms with E-state index in [0.29, 0.717) is 12.0 Å². The lowest BCUT2D eigenvalue weighted by molar-refractivity contribution is 0.416. The van der Waals surface area contributed by atoms with Gasteiger partial charge in [-0.3, -0.25) is 0 Å². The third kappa shape index (κ3) is 3.63. The Hall–Kier alpha value is -0.900. The molecule has 1 aromatic rings. The molecule has 1 fully saturated rings. The minimum atomic E-state index is 0.685. The van der Waals surface area contributed by atoms with Crippen LogP contribution in [0.4, 0.5) is 0 Å². The Morgan fingerprint density at radius 3 is 2.73 bits per heavy atom. The Labute approximate surface area is 90.5 Å². The minimum absolute atomic E-state index is 0.685. The molecule has 0 saturated heterocycles. The van der Waals surface area contributed by atoms with Gasteiger partial charge >= 0.3 is 0 Å². The number of hydrogen-bond donors (Lipinski definition) is 1. The largest absolute Gasteiger partial charge is 0.424 e. The maximum atomic E-state index is 5.53. The highest BCUT2D eigenvalue weighted by Gasteiger charge is 2.21. The number of aromatic nitrogens is 2. The molecule has 1 aliphatic carbocycles. The summed E-state index contributed by atoms with van der Waals surface area (Å²) in [6, 6.07) is 0.691. The monoisotopic (exact) mass is 209 g/mol. The summed E-state index contributed by atoms with van der Waals surface area (Å²) >= 11 is 0. The first-order valence-electron chi connectivity index (χ1n) is 5.78. The zero-order valence-electron chi connectivity index (χ0n) is 9.49. The predicted octanol–water partition coefficient (Wildman–Crippen LogP) is 1.91. The highest BCUT2D eigenvalue weighted by Crippen LogP contribution is 2.19. The molecule has 1 aromatic heterocycles. The van der Waals surface area contributed by atoms with E-state index < -0.39 is 0 Å². The molecule has 0 atom stereocenters. The van der Waals surface area contributed by atoms with Crippen LogP contribution in [0.2, 0.25) is 0 Å². The SMILES string of the molecule is CC(C)CCc1nnc(CNC2CC2)o1. The van der Waals surface area contributed by atoms with Crippen molar-refractivity contribution in [2.45, 2.75) is 52.1 Å². The number of rotatable bonds is 6. The van der Waals surface area contributed by atoms with Crippen LogP contribution in [0.1, 0.15) is 44.9 Å². The molecular formula is C11H19N3O. The van der Waals surface area contributed by atoms with Crippen molar-refractivity contribution in [1.82, 2.24) is 15.5 Å². The van der Waals surface area contributed by atoms with Gasteiger partial charge in [0.2, 0.25) is 11.8 Å². The molecule has 2 rings (SSSR count). The van der Waals surface area contributed by atoms with Crippen LogP contribution in [-0.2, 0) is 13.0 Å². The average molecular weight is 209 g/mol. The van der Waals surface area contributed by atoms with Crippen molar-refractivity contribution in [3.05, 3.63) is 11.8 Å². The fourth-order valence-corrected chi connectivity index (χ4v) is 1.39. The second-order valence-corrected chi connectivity index (χ2v) is 4.68. The number of nitrogens with zero attached hydrogens (tertiary/aromatic N) is 2. The van der Waals surface area contributed by atoms with E-state index in [1.54, 1.807) is 0 Å². The summed E-state index contributed by atoms with van der Waals surface area (Å²) in [5.74, 6) is 2.18. The molecule has 84 valence electrons. The summed E-state index contributed by atoms with van der Waals surface area (Å²) in [4.78, 5) is 0. The van der Waals surface area contributed by atoms with Gasteiger partial charge in [-0.15, -0.1) is 10.2 Å². The Morgan fingerprint density at radius 2 is 2.07 bits per heavy atom. The number of nitrogens with one attached hydrogen (secondary N) is 1. The van der Waals surface area contributed by atoms with Crippen LogP contribution in [-0.4, -0.2) is 16.2 Å². The van der Waals surface area contributed by atoms with E-state index in [1.807, 2.05) is 0 Å². The fourth-order valence-electron chi connectivity index (χ4n) is 1.39.